The Hall–Kier alpha value is -2.42. The van der Waals surface area contributed by atoms with E-state index in [9.17, 15) is 4.57 Å². The van der Waals surface area contributed by atoms with Gasteiger partial charge in [0, 0.05) is 10.6 Å². The van der Waals surface area contributed by atoms with Crippen molar-refractivity contribution >= 4 is 44.1 Å². The minimum atomic E-state index is -3.01. The van der Waals surface area contributed by atoms with Crippen LogP contribution in [0.1, 0.15) is 6.92 Å². The van der Waals surface area contributed by atoms with Gasteiger partial charge in [0.25, 0.3) is 0 Å². The Morgan fingerprint density at radius 3 is 2.12 bits per heavy atom. The van der Waals surface area contributed by atoms with Crippen molar-refractivity contribution in [1.82, 2.24) is 4.98 Å². The third-order valence-corrected chi connectivity index (χ3v) is 8.72. The second-order valence-corrected chi connectivity index (χ2v) is 9.85. The Labute approximate surface area is 156 Å². The maximum atomic E-state index is 14.3. The molecule has 0 aliphatic carbocycles. The third-order valence-electron chi connectivity index (χ3n) is 4.17. The second kappa shape index (κ2) is 7.06. The number of hydrogen-bond acceptors (Lipinski definition) is 4. The number of benzene rings is 3. The largest absolute Gasteiger partial charge is 0.494 e. The molecule has 1 heterocycles. The Bertz CT molecular complexity index is 1030. The third kappa shape index (κ3) is 2.96. The molecule has 0 radical (unpaired) electrons. The molecule has 0 saturated carbocycles. The number of rotatable bonds is 5. The van der Waals surface area contributed by atoms with Crippen molar-refractivity contribution in [1.29, 1.82) is 0 Å². The van der Waals surface area contributed by atoms with E-state index in [4.69, 9.17) is 9.72 Å². The van der Waals surface area contributed by atoms with Crippen molar-refractivity contribution in [3.8, 4) is 5.75 Å². The van der Waals surface area contributed by atoms with Crippen molar-refractivity contribution in [3.63, 3.8) is 0 Å². The van der Waals surface area contributed by atoms with Crippen LogP contribution in [0.15, 0.2) is 78.9 Å². The first kappa shape index (κ1) is 17.0. The van der Waals surface area contributed by atoms with Gasteiger partial charge < -0.3 is 9.30 Å². The lowest BCUT2D eigenvalue weighted by atomic mass is 10.3. The molecule has 1 aromatic heterocycles. The first-order chi connectivity index (χ1) is 12.7. The first-order valence-corrected chi connectivity index (χ1v) is 11.0. The van der Waals surface area contributed by atoms with Crippen LogP contribution in [0.4, 0.5) is 0 Å². The quantitative estimate of drug-likeness (QED) is 0.485. The fraction of sp³-hybridized carbons (Fsp3) is 0.0952. The SMILES string of the molecule is CCOc1ccc2nc(P(=O)(c3ccccc3)c3ccccc3)sc2c1. The summed E-state index contributed by atoms with van der Waals surface area (Å²) in [6.45, 7) is 2.57. The predicted octanol–water partition coefficient (Wildman–Crippen LogP) is 4.33. The van der Waals surface area contributed by atoms with Crippen LogP contribution < -0.4 is 20.1 Å². The van der Waals surface area contributed by atoms with Crippen molar-refractivity contribution in [2.75, 3.05) is 6.61 Å². The highest BCUT2D eigenvalue weighted by atomic mass is 32.1. The molecule has 0 unspecified atom stereocenters. The predicted molar refractivity (Wildman–Crippen MR) is 110 cm³/mol. The van der Waals surface area contributed by atoms with Crippen LogP contribution in [0, 0.1) is 0 Å². The average molecular weight is 379 g/mol. The van der Waals surface area contributed by atoms with Crippen molar-refractivity contribution in [2.24, 2.45) is 0 Å². The van der Waals surface area contributed by atoms with Gasteiger partial charge in [0.1, 0.15) is 5.75 Å². The van der Waals surface area contributed by atoms with Gasteiger partial charge in [-0.3, -0.25) is 0 Å². The van der Waals surface area contributed by atoms with E-state index >= 15 is 0 Å². The Kier molecular flexibility index (Phi) is 4.62. The molecule has 0 atom stereocenters. The van der Waals surface area contributed by atoms with Crippen molar-refractivity contribution < 1.29 is 9.30 Å². The van der Waals surface area contributed by atoms with Gasteiger partial charge in [-0.25, -0.2) is 4.98 Å². The van der Waals surface area contributed by atoms with E-state index < -0.39 is 7.14 Å². The van der Waals surface area contributed by atoms with Crippen LogP contribution in [0.25, 0.3) is 10.2 Å². The Morgan fingerprint density at radius 2 is 1.54 bits per heavy atom. The number of ether oxygens (including phenoxy) is 1. The summed E-state index contributed by atoms with van der Waals surface area (Å²) in [5.41, 5.74) is 0.848. The molecule has 26 heavy (non-hydrogen) atoms. The van der Waals surface area contributed by atoms with Crippen LogP contribution in [-0.2, 0) is 4.57 Å². The second-order valence-electron chi connectivity index (χ2n) is 5.84. The lowest BCUT2D eigenvalue weighted by molar-refractivity contribution is 0.341. The number of fused-ring (bicyclic) bond motifs is 1. The standard InChI is InChI=1S/C21H18NO2PS/c1-2-24-16-13-14-19-20(15-16)26-21(22-19)25(23,17-9-5-3-6-10-17)18-11-7-4-8-12-18/h3-15H,2H2,1H3. The van der Waals surface area contributed by atoms with Gasteiger partial charge in [-0.05, 0) is 25.1 Å². The maximum absolute atomic E-state index is 14.3. The van der Waals surface area contributed by atoms with Crippen LogP contribution >= 0.6 is 18.5 Å². The highest BCUT2D eigenvalue weighted by molar-refractivity contribution is 7.89. The van der Waals surface area contributed by atoms with Gasteiger partial charge >= 0.3 is 0 Å². The van der Waals surface area contributed by atoms with E-state index in [-0.39, 0.29) is 0 Å². The topological polar surface area (TPSA) is 39.2 Å². The lowest BCUT2D eigenvalue weighted by Gasteiger charge is -2.16. The molecule has 0 amide bonds. The monoisotopic (exact) mass is 379 g/mol. The summed E-state index contributed by atoms with van der Waals surface area (Å²) in [5.74, 6) is 0.810. The number of thiazole rings is 1. The van der Waals surface area contributed by atoms with E-state index in [1.165, 1.54) is 11.3 Å². The molecule has 5 heteroatoms. The van der Waals surface area contributed by atoms with Crippen molar-refractivity contribution in [3.05, 3.63) is 78.9 Å². The molecular weight excluding hydrogens is 361 g/mol. The fourth-order valence-corrected chi connectivity index (χ4v) is 7.28. The molecule has 0 fully saturated rings. The van der Waals surface area contributed by atoms with E-state index in [1.807, 2.05) is 85.8 Å². The normalized spacial score (nSPS) is 11.6. The smallest absolute Gasteiger partial charge is 0.198 e. The molecular formula is C21H18NO2PS. The summed E-state index contributed by atoms with van der Waals surface area (Å²) in [4.78, 5) is 4.74. The average Bonchev–Trinajstić information content (AvgIpc) is 3.13. The van der Waals surface area contributed by atoms with Gasteiger partial charge in [0.2, 0.25) is 0 Å². The van der Waals surface area contributed by atoms with Gasteiger partial charge in [-0.2, -0.15) is 0 Å². The molecule has 4 rings (SSSR count). The molecule has 0 aliphatic rings. The van der Waals surface area contributed by atoms with E-state index in [0.717, 1.165) is 26.6 Å². The van der Waals surface area contributed by atoms with Gasteiger partial charge in [-0.1, -0.05) is 60.7 Å². The number of nitrogens with zero attached hydrogens (tertiary/aromatic N) is 1. The van der Waals surface area contributed by atoms with Crippen LogP contribution in [0.3, 0.4) is 0 Å². The Balaban J connectivity index is 1.93. The summed E-state index contributed by atoms with van der Waals surface area (Å²) < 4.78 is 21.5. The van der Waals surface area contributed by atoms with Gasteiger partial charge in [0.05, 0.1) is 16.8 Å². The van der Waals surface area contributed by atoms with Crippen LogP contribution in [0.5, 0.6) is 5.75 Å². The number of hydrogen-bond donors (Lipinski definition) is 0. The fourth-order valence-electron chi connectivity index (χ4n) is 2.93. The zero-order chi connectivity index (χ0) is 18.0. The lowest BCUT2D eigenvalue weighted by Crippen LogP contribution is -2.24. The minimum Gasteiger partial charge on any atom is -0.494 e. The number of aromatic nitrogens is 1. The van der Waals surface area contributed by atoms with E-state index in [2.05, 4.69) is 0 Å². The maximum Gasteiger partial charge on any atom is 0.198 e. The first-order valence-electron chi connectivity index (χ1n) is 8.47. The summed E-state index contributed by atoms with van der Waals surface area (Å²) in [7, 11) is -3.01. The molecule has 0 spiro atoms. The molecule has 0 bridgehead atoms. The zero-order valence-corrected chi connectivity index (χ0v) is 16.0. The van der Waals surface area contributed by atoms with E-state index in [0.29, 0.717) is 11.4 Å². The molecule has 0 N–H and O–H groups in total. The van der Waals surface area contributed by atoms with E-state index in [1.54, 1.807) is 0 Å². The van der Waals surface area contributed by atoms with Crippen molar-refractivity contribution in [2.45, 2.75) is 6.92 Å². The Morgan fingerprint density at radius 1 is 0.923 bits per heavy atom. The van der Waals surface area contributed by atoms with Gasteiger partial charge in [0.15, 0.2) is 11.9 Å². The summed E-state index contributed by atoms with van der Waals surface area (Å²) in [5, 5.41) is 1.60. The highest BCUT2D eigenvalue weighted by Gasteiger charge is 2.33. The van der Waals surface area contributed by atoms with Gasteiger partial charge in [-0.15, -0.1) is 11.3 Å². The summed E-state index contributed by atoms with van der Waals surface area (Å²) in [6.07, 6.45) is 0. The molecule has 0 saturated heterocycles. The molecule has 4 aromatic rings. The minimum absolute atomic E-state index is 0.615. The van der Waals surface area contributed by atoms with Crippen LogP contribution in [0.2, 0.25) is 0 Å². The molecule has 3 nitrogen and oxygen atoms in total. The molecule has 3 aromatic carbocycles. The summed E-state index contributed by atoms with van der Waals surface area (Å²) in [6, 6.07) is 25.1. The summed E-state index contributed by atoms with van der Waals surface area (Å²) >= 11 is 1.48. The zero-order valence-electron chi connectivity index (χ0n) is 14.3. The molecule has 0 aliphatic heterocycles. The highest BCUT2D eigenvalue weighted by Crippen LogP contribution is 2.44. The van der Waals surface area contributed by atoms with Crippen LogP contribution in [-0.4, -0.2) is 11.6 Å². The molecule has 130 valence electrons.